The maximum Gasteiger partial charge on any atom is 0.131 e. The SMILES string of the molecule is CC(C)n1nc2ccncc2n1. The van der Waals surface area contributed by atoms with Crippen LogP contribution in [0.3, 0.4) is 0 Å². The largest absolute Gasteiger partial charge is 0.262 e. The van der Waals surface area contributed by atoms with Crippen LogP contribution in [-0.4, -0.2) is 20.0 Å². The second-order valence-corrected chi connectivity index (χ2v) is 2.98. The molecule has 4 nitrogen and oxygen atoms in total. The van der Waals surface area contributed by atoms with Crippen LogP contribution < -0.4 is 0 Å². The van der Waals surface area contributed by atoms with Gasteiger partial charge in [0.1, 0.15) is 11.0 Å². The number of hydrogen-bond acceptors (Lipinski definition) is 3. The molecule has 0 amide bonds. The van der Waals surface area contributed by atoms with Crippen molar-refractivity contribution >= 4 is 11.0 Å². The van der Waals surface area contributed by atoms with Gasteiger partial charge in [0.15, 0.2) is 0 Å². The molecule has 0 atom stereocenters. The normalized spacial score (nSPS) is 11.2. The molecular formula is C8H10N4. The first-order valence-corrected chi connectivity index (χ1v) is 3.94. The molecule has 12 heavy (non-hydrogen) atoms. The molecule has 0 aromatic carbocycles. The van der Waals surface area contributed by atoms with Crippen LogP contribution in [0.5, 0.6) is 0 Å². The highest BCUT2D eigenvalue weighted by Crippen LogP contribution is 2.08. The van der Waals surface area contributed by atoms with E-state index in [1.54, 1.807) is 17.2 Å². The highest BCUT2D eigenvalue weighted by Gasteiger charge is 2.03. The number of fused-ring (bicyclic) bond motifs is 1. The van der Waals surface area contributed by atoms with E-state index in [0.717, 1.165) is 11.0 Å². The molecule has 0 bridgehead atoms. The fourth-order valence-electron chi connectivity index (χ4n) is 1.01. The van der Waals surface area contributed by atoms with Crippen LogP contribution in [-0.2, 0) is 0 Å². The topological polar surface area (TPSA) is 43.6 Å². The molecule has 0 spiro atoms. The summed E-state index contributed by atoms with van der Waals surface area (Å²) in [6, 6.07) is 2.17. The van der Waals surface area contributed by atoms with Crippen LogP contribution in [0.4, 0.5) is 0 Å². The van der Waals surface area contributed by atoms with Crippen LogP contribution in [0.15, 0.2) is 18.5 Å². The van der Waals surface area contributed by atoms with Gasteiger partial charge in [-0.15, -0.1) is 0 Å². The van der Waals surface area contributed by atoms with Crippen molar-refractivity contribution in [1.29, 1.82) is 0 Å². The lowest BCUT2D eigenvalue weighted by molar-refractivity contribution is 0.472. The summed E-state index contributed by atoms with van der Waals surface area (Å²) in [4.78, 5) is 5.67. The fourth-order valence-corrected chi connectivity index (χ4v) is 1.01. The van der Waals surface area contributed by atoms with Crippen LogP contribution >= 0.6 is 0 Å². The zero-order chi connectivity index (χ0) is 8.55. The summed E-state index contributed by atoms with van der Waals surface area (Å²) in [5, 5.41) is 8.53. The van der Waals surface area contributed by atoms with Crippen molar-refractivity contribution in [2.45, 2.75) is 19.9 Å². The van der Waals surface area contributed by atoms with Gasteiger partial charge >= 0.3 is 0 Å². The Labute approximate surface area is 70.2 Å². The lowest BCUT2D eigenvalue weighted by Crippen LogP contribution is -2.03. The Balaban J connectivity index is 2.62. The lowest BCUT2D eigenvalue weighted by Gasteiger charge is -1.99. The van der Waals surface area contributed by atoms with Crippen molar-refractivity contribution in [1.82, 2.24) is 20.0 Å². The van der Waals surface area contributed by atoms with Gasteiger partial charge in [0.05, 0.1) is 12.2 Å². The van der Waals surface area contributed by atoms with E-state index in [2.05, 4.69) is 15.2 Å². The highest BCUT2D eigenvalue weighted by molar-refractivity contribution is 5.71. The molecule has 0 aliphatic heterocycles. The summed E-state index contributed by atoms with van der Waals surface area (Å²) in [7, 11) is 0. The Kier molecular flexibility index (Phi) is 1.53. The van der Waals surface area contributed by atoms with Gasteiger partial charge in [0, 0.05) is 6.20 Å². The summed E-state index contributed by atoms with van der Waals surface area (Å²) in [5.74, 6) is 0. The van der Waals surface area contributed by atoms with Gasteiger partial charge in [-0.1, -0.05) is 0 Å². The van der Waals surface area contributed by atoms with Gasteiger partial charge in [-0.3, -0.25) is 4.98 Å². The van der Waals surface area contributed by atoms with Crippen LogP contribution in [0, 0.1) is 0 Å². The van der Waals surface area contributed by atoms with Gasteiger partial charge in [0.25, 0.3) is 0 Å². The monoisotopic (exact) mass is 162 g/mol. The van der Waals surface area contributed by atoms with Gasteiger partial charge in [0.2, 0.25) is 0 Å². The van der Waals surface area contributed by atoms with E-state index in [1.807, 2.05) is 19.9 Å². The molecule has 0 unspecified atom stereocenters. The molecule has 2 aromatic heterocycles. The number of hydrogen-bond donors (Lipinski definition) is 0. The van der Waals surface area contributed by atoms with Crippen molar-refractivity contribution in [2.24, 2.45) is 0 Å². The Morgan fingerprint density at radius 1 is 1.25 bits per heavy atom. The van der Waals surface area contributed by atoms with E-state index in [4.69, 9.17) is 0 Å². The average Bonchev–Trinajstić information content (AvgIpc) is 2.46. The number of pyridine rings is 1. The molecule has 0 aliphatic rings. The van der Waals surface area contributed by atoms with Crippen molar-refractivity contribution in [3.8, 4) is 0 Å². The summed E-state index contributed by atoms with van der Waals surface area (Å²) < 4.78 is 0. The Hall–Kier alpha value is -1.45. The standard InChI is InChI=1S/C8H10N4/c1-6(2)12-10-7-3-4-9-5-8(7)11-12/h3-6H,1-2H3. The molecule has 2 aromatic rings. The van der Waals surface area contributed by atoms with E-state index >= 15 is 0 Å². The molecule has 0 radical (unpaired) electrons. The van der Waals surface area contributed by atoms with E-state index < -0.39 is 0 Å². The Bertz CT molecular complexity index is 358. The lowest BCUT2D eigenvalue weighted by atomic mass is 10.4. The zero-order valence-electron chi connectivity index (χ0n) is 7.10. The summed E-state index contributed by atoms with van der Waals surface area (Å²) in [6.45, 7) is 4.10. The minimum atomic E-state index is 0.303. The maximum atomic E-state index is 4.28. The van der Waals surface area contributed by atoms with Crippen LogP contribution in [0.1, 0.15) is 19.9 Å². The minimum Gasteiger partial charge on any atom is -0.262 e. The minimum absolute atomic E-state index is 0.303. The third-order valence-electron chi connectivity index (χ3n) is 1.66. The van der Waals surface area contributed by atoms with E-state index in [0.29, 0.717) is 6.04 Å². The van der Waals surface area contributed by atoms with E-state index in [9.17, 15) is 0 Å². The molecule has 0 N–H and O–H groups in total. The van der Waals surface area contributed by atoms with Gasteiger partial charge in [-0.2, -0.15) is 15.0 Å². The summed E-state index contributed by atoms with van der Waals surface area (Å²) >= 11 is 0. The molecule has 0 fully saturated rings. The van der Waals surface area contributed by atoms with Crippen molar-refractivity contribution in [3.63, 3.8) is 0 Å². The van der Waals surface area contributed by atoms with Crippen molar-refractivity contribution in [3.05, 3.63) is 18.5 Å². The average molecular weight is 162 g/mol. The smallest absolute Gasteiger partial charge is 0.131 e. The van der Waals surface area contributed by atoms with Gasteiger partial charge < -0.3 is 0 Å². The molecule has 2 rings (SSSR count). The van der Waals surface area contributed by atoms with Crippen LogP contribution in [0.25, 0.3) is 11.0 Å². The second kappa shape index (κ2) is 2.55. The second-order valence-electron chi connectivity index (χ2n) is 2.98. The fraction of sp³-hybridized carbons (Fsp3) is 0.375. The number of aromatic nitrogens is 4. The van der Waals surface area contributed by atoms with Gasteiger partial charge in [-0.05, 0) is 19.9 Å². The molecule has 62 valence electrons. The predicted octanol–water partition coefficient (Wildman–Crippen LogP) is 1.41. The van der Waals surface area contributed by atoms with Gasteiger partial charge in [-0.25, -0.2) is 0 Å². The molecule has 4 heteroatoms. The molecule has 2 heterocycles. The Morgan fingerprint density at radius 2 is 2.00 bits per heavy atom. The third-order valence-corrected chi connectivity index (χ3v) is 1.66. The molecule has 0 saturated carbocycles. The maximum absolute atomic E-state index is 4.28. The first-order chi connectivity index (χ1) is 5.77. The predicted molar refractivity (Wildman–Crippen MR) is 45.7 cm³/mol. The van der Waals surface area contributed by atoms with E-state index in [1.165, 1.54) is 0 Å². The summed E-state index contributed by atoms with van der Waals surface area (Å²) in [5.41, 5.74) is 1.75. The Morgan fingerprint density at radius 3 is 2.67 bits per heavy atom. The first-order valence-electron chi connectivity index (χ1n) is 3.94. The molecular weight excluding hydrogens is 152 g/mol. The van der Waals surface area contributed by atoms with E-state index in [-0.39, 0.29) is 0 Å². The number of nitrogens with zero attached hydrogens (tertiary/aromatic N) is 4. The van der Waals surface area contributed by atoms with Crippen LogP contribution in [0.2, 0.25) is 0 Å². The first kappa shape index (κ1) is 7.21. The van der Waals surface area contributed by atoms with Crippen molar-refractivity contribution in [2.75, 3.05) is 0 Å². The highest BCUT2D eigenvalue weighted by atomic mass is 15.5. The number of rotatable bonds is 1. The molecule has 0 aliphatic carbocycles. The zero-order valence-corrected chi connectivity index (χ0v) is 7.10. The quantitative estimate of drug-likeness (QED) is 0.636. The molecule has 0 saturated heterocycles. The third kappa shape index (κ3) is 1.05. The summed E-state index contributed by atoms with van der Waals surface area (Å²) in [6.07, 6.45) is 3.45. The van der Waals surface area contributed by atoms with Crippen molar-refractivity contribution < 1.29 is 0 Å².